The van der Waals surface area contributed by atoms with Crippen molar-refractivity contribution in [2.75, 3.05) is 6.54 Å². The Morgan fingerprint density at radius 3 is 2.04 bits per heavy atom. The molecule has 2 aliphatic carbocycles. The van der Waals surface area contributed by atoms with Gasteiger partial charge in [0.25, 0.3) is 0 Å². The molecule has 0 aliphatic heterocycles. The molecule has 0 saturated heterocycles. The van der Waals surface area contributed by atoms with Crippen molar-refractivity contribution in [2.24, 2.45) is 17.3 Å². The predicted octanol–water partition coefficient (Wildman–Crippen LogP) is 7.39. The van der Waals surface area contributed by atoms with Crippen LogP contribution in [0.1, 0.15) is 64.7 Å². The van der Waals surface area contributed by atoms with Crippen molar-refractivity contribution in [3.8, 4) is 0 Å². The first-order chi connectivity index (χ1) is 13.2. The summed E-state index contributed by atoms with van der Waals surface area (Å²) in [5.74, 6) is 1.79. The molecule has 1 aromatic carbocycles. The zero-order chi connectivity index (χ0) is 20.7. The summed E-state index contributed by atoms with van der Waals surface area (Å²) >= 11 is 13.3. The summed E-state index contributed by atoms with van der Waals surface area (Å²) in [7, 11) is -1.78. The van der Waals surface area contributed by atoms with Gasteiger partial charge in [0.15, 0.2) is 0 Å². The van der Waals surface area contributed by atoms with E-state index < -0.39 is 8.32 Å². The molecule has 0 spiro atoms. The fourth-order valence-corrected chi connectivity index (χ4v) is 9.11. The fraction of sp³-hybridized carbons (Fsp3) is 0.739. The molecule has 28 heavy (non-hydrogen) atoms. The average Bonchev–Trinajstić information content (AvgIpc) is 2.99. The lowest BCUT2D eigenvalue weighted by Gasteiger charge is -2.45. The minimum Gasteiger partial charge on any atom is -0.558 e. The van der Waals surface area contributed by atoms with E-state index in [0.29, 0.717) is 11.5 Å². The van der Waals surface area contributed by atoms with Gasteiger partial charge in [-0.25, -0.2) is 0 Å². The van der Waals surface area contributed by atoms with Gasteiger partial charge in [0.1, 0.15) is 0 Å². The molecule has 5 heteroatoms. The molecule has 2 nitrogen and oxygen atoms in total. The average molecular weight is 443 g/mol. The highest BCUT2D eigenvalue weighted by atomic mass is 35.5. The van der Waals surface area contributed by atoms with Crippen molar-refractivity contribution >= 4 is 31.5 Å². The first kappa shape index (κ1) is 22.6. The van der Waals surface area contributed by atoms with Crippen LogP contribution in [0, 0.1) is 24.2 Å². The number of benzene rings is 1. The standard InChI is InChI=1S/C23H37Cl2NOSi/c1-7-28(8-2,9-3)27-21(22-19(24)10-15(4)11-20(22)25)14-26-16-12-17-18(13-16)23(17,5)6/h10-11,16-18,21,26H,7-9,12-14H2,1-6H3/q-1/t16?,17-,18+,21?. The Labute approximate surface area is 182 Å². The lowest BCUT2D eigenvalue weighted by molar-refractivity contribution is 0.179. The molecule has 4 atom stereocenters. The largest absolute Gasteiger partial charge is 0.558 e. The number of fused-ring (bicyclic) bond motifs is 1. The van der Waals surface area contributed by atoms with Gasteiger partial charge in [0.05, 0.1) is 6.10 Å². The lowest BCUT2D eigenvalue weighted by atomic mass is 9.97. The van der Waals surface area contributed by atoms with Gasteiger partial charge in [-0.1, -0.05) is 57.8 Å². The third-order valence-electron chi connectivity index (χ3n) is 7.83. The van der Waals surface area contributed by atoms with Crippen molar-refractivity contribution in [1.29, 1.82) is 0 Å². The Morgan fingerprint density at radius 2 is 1.57 bits per heavy atom. The van der Waals surface area contributed by atoms with E-state index in [2.05, 4.69) is 39.9 Å². The molecule has 2 unspecified atom stereocenters. The molecule has 2 saturated carbocycles. The van der Waals surface area contributed by atoms with E-state index in [0.717, 1.165) is 57.7 Å². The zero-order valence-electron chi connectivity index (χ0n) is 18.4. The van der Waals surface area contributed by atoms with Crippen LogP contribution in [0.25, 0.3) is 0 Å². The molecule has 2 aliphatic rings. The van der Waals surface area contributed by atoms with E-state index in [1.165, 1.54) is 12.8 Å². The molecule has 0 bridgehead atoms. The van der Waals surface area contributed by atoms with Crippen LogP contribution in [0.5, 0.6) is 0 Å². The summed E-state index contributed by atoms with van der Waals surface area (Å²) in [6.45, 7) is 14.5. The molecule has 0 heterocycles. The van der Waals surface area contributed by atoms with Gasteiger partial charge in [-0.3, -0.25) is 0 Å². The van der Waals surface area contributed by atoms with E-state index in [9.17, 15) is 0 Å². The maximum absolute atomic E-state index is 6.92. The van der Waals surface area contributed by atoms with Crippen molar-refractivity contribution < 1.29 is 4.43 Å². The summed E-state index contributed by atoms with van der Waals surface area (Å²) in [5, 5.41) is 5.29. The molecule has 0 amide bonds. The molecular formula is C23H37Cl2NOSi-. The number of hydrogen-bond acceptors (Lipinski definition) is 2. The summed E-state index contributed by atoms with van der Waals surface area (Å²) in [4.78, 5) is 0. The predicted molar refractivity (Wildman–Crippen MR) is 124 cm³/mol. The minimum absolute atomic E-state index is 0.0722. The molecule has 159 valence electrons. The maximum Gasteiger partial charge on any atom is 0.0574 e. The van der Waals surface area contributed by atoms with Crippen LogP contribution in [0.4, 0.5) is 0 Å². The number of halogens is 2. The van der Waals surface area contributed by atoms with E-state index in [-0.39, 0.29) is 6.10 Å². The maximum atomic E-state index is 6.92. The normalized spacial score (nSPS) is 26.9. The van der Waals surface area contributed by atoms with Crippen molar-refractivity contribution in [1.82, 2.24) is 5.32 Å². The number of nitrogens with one attached hydrogen (secondary N) is 1. The lowest BCUT2D eigenvalue weighted by Crippen LogP contribution is -2.41. The van der Waals surface area contributed by atoms with Gasteiger partial charge in [0, 0.05) is 28.2 Å². The summed E-state index contributed by atoms with van der Waals surface area (Å²) in [6.07, 6.45) is 2.51. The number of hydrogen-bond donors (Lipinski definition) is 1. The van der Waals surface area contributed by atoms with E-state index in [1.54, 1.807) is 0 Å². The highest BCUT2D eigenvalue weighted by Crippen LogP contribution is 2.66. The fourth-order valence-electron chi connectivity index (χ4n) is 5.47. The molecule has 1 N–H and O–H groups in total. The van der Waals surface area contributed by atoms with E-state index in [1.807, 2.05) is 19.1 Å². The van der Waals surface area contributed by atoms with Gasteiger partial charge >= 0.3 is 0 Å². The first-order valence-corrected chi connectivity index (χ1v) is 14.3. The Balaban J connectivity index is 1.77. The second-order valence-electron chi connectivity index (χ2n) is 9.60. The summed E-state index contributed by atoms with van der Waals surface area (Å²) in [6, 6.07) is 8.00. The van der Waals surface area contributed by atoms with Crippen molar-refractivity contribution in [3.05, 3.63) is 33.3 Å². The van der Waals surface area contributed by atoms with Gasteiger partial charge in [-0.05, 0) is 63.0 Å². The van der Waals surface area contributed by atoms with Gasteiger partial charge in [-0.2, -0.15) is 0 Å². The van der Waals surface area contributed by atoms with Crippen LogP contribution >= 0.6 is 23.2 Å². The second-order valence-corrected chi connectivity index (χ2v) is 15.1. The smallest absolute Gasteiger partial charge is 0.0574 e. The highest BCUT2D eigenvalue weighted by Gasteiger charge is 2.61. The second kappa shape index (κ2) is 8.59. The molecule has 2 fully saturated rings. The van der Waals surface area contributed by atoms with Crippen LogP contribution in [0.3, 0.4) is 0 Å². The SMILES string of the molecule is CC[Si-](CC)(CC)OC(CNC1C[C@@H]2[C@H](C1)C2(C)C)c1c(Cl)cc(C)cc1Cl. The van der Waals surface area contributed by atoms with Crippen LogP contribution in [-0.2, 0) is 4.43 Å². The first-order valence-electron chi connectivity index (χ1n) is 11.0. The Morgan fingerprint density at radius 1 is 1.07 bits per heavy atom. The molecule has 3 rings (SSSR count). The minimum atomic E-state index is -1.78. The highest BCUT2D eigenvalue weighted by molar-refractivity contribution is 6.73. The topological polar surface area (TPSA) is 21.3 Å². The van der Waals surface area contributed by atoms with Crippen LogP contribution in [-0.4, -0.2) is 20.9 Å². The third kappa shape index (κ3) is 4.34. The van der Waals surface area contributed by atoms with Crippen LogP contribution < -0.4 is 5.32 Å². The van der Waals surface area contributed by atoms with Crippen LogP contribution in [0.15, 0.2) is 12.1 Å². The summed E-state index contributed by atoms with van der Waals surface area (Å²) < 4.78 is 6.92. The zero-order valence-corrected chi connectivity index (χ0v) is 20.9. The van der Waals surface area contributed by atoms with Crippen molar-refractivity contribution in [2.45, 2.75) is 84.7 Å². The third-order valence-corrected chi connectivity index (χ3v) is 13.1. The quantitative estimate of drug-likeness (QED) is 0.403. The molecule has 0 radical (unpaired) electrons. The molecule has 1 aromatic rings. The Hall–Kier alpha value is -0.0631. The van der Waals surface area contributed by atoms with E-state index in [4.69, 9.17) is 27.6 Å². The van der Waals surface area contributed by atoms with Gasteiger partial charge in [0.2, 0.25) is 0 Å². The molecular weight excluding hydrogens is 405 g/mol. The Bertz CT molecular complexity index is 659. The number of rotatable bonds is 9. The van der Waals surface area contributed by atoms with Crippen molar-refractivity contribution in [3.63, 3.8) is 0 Å². The Kier molecular flexibility index (Phi) is 6.94. The van der Waals surface area contributed by atoms with Crippen LogP contribution in [0.2, 0.25) is 28.2 Å². The summed E-state index contributed by atoms with van der Waals surface area (Å²) in [5.41, 5.74) is 2.62. The number of aryl methyl sites for hydroxylation is 1. The van der Waals surface area contributed by atoms with E-state index >= 15 is 0 Å². The monoisotopic (exact) mass is 441 g/mol. The van der Waals surface area contributed by atoms with Gasteiger partial charge in [-0.15, -0.1) is 18.1 Å². The van der Waals surface area contributed by atoms with Gasteiger partial charge < -0.3 is 9.74 Å². The molecule has 0 aromatic heterocycles.